The molecule has 1 aromatic carbocycles. The first-order valence-corrected chi connectivity index (χ1v) is 6.51. The molecular formula is C13H12ClF3N2O3. The largest absolute Gasteiger partial charge is 0.467 e. The summed E-state index contributed by atoms with van der Waals surface area (Å²) in [5, 5.41) is 1.93. The Hall–Kier alpha value is -1.96. The van der Waals surface area contributed by atoms with Crippen LogP contribution in [-0.4, -0.2) is 31.2 Å². The summed E-state index contributed by atoms with van der Waals surface area (Å²) in [6, 6.07) is 2.41. The monoisotopic (exact) mass is 336 g/mol. The standard InChI is InChI=1S/C13H12ClF3N2O3/c1-12(10(20)22-2)6-19(11(21)18-12)7-3-4-9(14)8(5-7)13(15,16)17/h3-5H,6H2,1-2H3,(H,18,21). The highest BCUT2D eigenvalue weighted by Gasteiger charge is 2.46. The number of rotatable bonds is 2. The van der Waals surface area contributed by atoms with Gasteiger partial charge in [-0.15, -0.1) is 0 Å². The third kappa shape index (κ3) is 2.83. The predicted octanol–water partition coefficient (Wildman–Crippen LogP) is 2.82. The Labute approximate surface area is 129 Å². The maximum Gasteiger partial charge on any atom is 0.417 e. The number of methoxy groups -OCH3 is 1. The molecule has 1 fully saturated rings. The third-order valence-electron chi connectivity index (χ3n) is 3.31. The van der Waals surface area contributed by atoms with Crippen molar-refractivity contribution in [3.8, 4) is 0 Å². The summed E-state index contributed by atoms with van der Waals surface area (Å²) in [5.74, 6) is -0.687. The van der Waals surface area contributed by atoms with Crippen LogP contribution in [0.3, 0.4) is 0 Å². The normalized spacial score (nSPS) is 21.7. The van der Waals surface area contributed by atoms with Crippen molar-refractivity contribution in [1.82, 2.24) is 5.32 Å². The molecule has 22 heavy (non-hydrogen) atoms. The summed E-state index contributed by atoms with van der Waals surface area (Å²) < 4.78 is 43.2. The lowest BCUT2D eigenvalue weighted by molar-refractivity contribution is -0.146. The van der Waals surface area contributed by atoms with E-state index in [1.807, 2.05) is 0 Å². The molecule has 0 spiro atoms. The summed E-state index contributed by atoms with van der Waals surface area (Å²) in [6.45, 7) is 1.27. The molecule has 2 amide bonds. The molecule has 5 nitrogen and oxygen atoms in total. The number of nitrogens with zero attached hydrogens (tertiary/aromatic N) is 1. The van der Waals surface area contributed by atoms with Gasteiger partial charge in [-0.3, -0.25) is 4.90 Å². The van der Waals surface area contributed by atoms with Crippen molar-refractivity contribution in [2.24, 2.45) is 0 Å². The minimum Gasteiger partial charge on any atom is -0.467 e. The minimum atomic E-state index is -4.64. The third-order valence-corrected chi connectivity index (χ3v) is 3.63. The zero-order valence-electron chi connectivity index (χ0n) is 11.6. The summed E-state index contributed by atoms with van der Waals surface area (Å²) in [6.07, 6.45) is -4.64. The molecule has 0 aromatic heterocycles. The molecule has 2 rings (SSSR count). The van der Waals surface area contributed by atoms with Gasteiger partial charge >= 0.3 is 18.2 Å². The van der Waals surface area contributed by atoms with E-state index < -0.39 is 34.3 Å². The van der Waals surface area contributed by atoms with Crippen molar-refractivity contribution < 1.29 is 27.5 Å². The molecule has 1 aliphatic heterocycles. The fourth-order valence-electron chi connectivity index (χ4n) is 2.18. The number of anilines is 1. The molecule has 1 aromatic rings. The van der Waals surface area contributed by atoms with Crippen molar-refractivity contribution in [2.75, 3.05) is 18.6 Å². The van der Waals surface area contributed by atoms with Crippen LogP contribution in [0.4, 0.5) is 23.7 Å². The zero-order chi connectivity index (χ0) is 16.7. The number of carbonyl (C=O) groups is 2. The second-order valence-electron chi connectivity index (χ2n) is 5.00. The predicted molar refractivity (Wildman–Crippen MR) is 72.8 cm³/mol. The van der Waals surface area contributed by atoms with Crippen molar-refractivity contribution in [3.63, 3.8) is 0 Å². The maximum absolute atomic E-state index is 12.9. The quantitative estimate of drug-likeness (QED) is 0.845. The minimum absolute atomic E-state index is 0.0122. The van der Waals surface area contributed by atoms with Gasteiger partial charge in [-0.05, 0) is 25.1 Å². The van der Waals surface area contributed by atoms with Gasteiger partial charge in [0, 0.05) is 5.69 Å². The number of hydrogen-bond donors (Lipinski definition) is 1. The number of urea groups is 1. The molecule has 120 valence electrons. The van der Waals surface area contributed by atoms with Crippen LogP contribution in [0.25, 0.3) is 0 Å². The van der Waals surface area contributed by atoms with Crippen LogP contribution >= 0.6 is 11.6 Å². The van der Waals surface area contributed by atoms with Gasteiger partial charge < -0.3 is 10.1 Å². The van der Waals surface area contributed by atoms with E-state index in [4.69, 9.17) is 11.6 Å². The van der Waals surface area contributed by atoms with E-state index in [0.717, 1.165) is 24.1 Å². The summed E-state index contributed by atoms with van der Waals surface area (Å²) in [4.78, 5) is 24.7. The Kier molecular flexibility index (Phi) is 3.99. The number of ether oxygens (including phenoxy) is 1. The van der Waals surface area contributed by atoms with Crippen molar-refractivity contribution in [2.45, 2.75) is 18.6 Å². The van der Waals surface area contributed by atoms with E-state index in [9.17, 15) is 22.8 Å². The summed E-state index contributed by atoms with van der Waals surface area (Å²) >= 11 is 5.54. The van der Waals surface area contributed by atoms with Crippen LogP contribution in [-0.2, 0) is 15.7 Å². The van der Waals surface area contributed by atoms with Crippen LogP contribution in [0.5, 0.6) is 0 Å². The lowest BCUT2D eigenvalue weighted by atomic mass is 10.0. The Morgan fingerprint density at radius 3 is 2.64 bits per heavy atom. The molecule has 0 aliphatic carbocycles. The number of esters is 1. The van der Waals surface area contributed by atoms with Crippen molar-refractivity contribution in [1.29, 1.82) is 0 Å². The Balaban J connectivity index is 2.38. The van der Waals surface area contributed by atoms with E-state index in [-0.39, 0.29) is 12.2 Å². The van der Waals surface area contributed by atoms with Gasteiger partial charge in [-0.2, -0.15) is 13.2 Å². The Morgan fingerprint density at radius 1 is 1.45 bits per heavy atom. The zero-order valence-corrected chi connectivity index (χ0v) is 12.4. The number of hydrogen-bond acceptors (Lipinski definition) is 3. The topological polar surface area (TPSA) is 58.6 Å². The molecule has 1 N–H and O–H groups in total. The second-order valence-corrected chi connectivity index (χ2v) is 5.41. The first-order valence-electron chi connectivity index (χ1n) is 6.13. The highest BCUT2D eigenvalue weighted by molar-refractivity contribution is 6.31. The van der Waals surface area contributed by atoms with Crippen molar-refractivity contribution >= 4 is 29.3 Å². The van der Waals surface area contributed by atoms with Crippen molar-refractivity contribution in [3.05, 3.63) is 28.8 Å². The molecular weight excluding hydrogens is 325 g/mol. The molecule has 1 saturated heterocycles. The lowest BCUT2D eigenvalue weighted by Gasteiger charge is -2.21. The van der Waals surface area contributed by atoms with Crippen LogP contribution in [0, 0.1) is 0 Å². The van der Waals surface area contributed by atoms with Gasteiger partial charge in [-0.1, -0.05) is 11.6 Å². The molecule has 0 radical (unpaired) electrons. The van der Waals surface area contributed by atoms with Crippen LogP contribution < -0.4 is 10.2 Å². The Bertz CT molecular complexity index is 635. The van der Waals surface area contributed by atoms with E-state index in [0.29, 0.717) is 0 Å². The average molecular weight is 337 g/mol. The Morgan fingerprint density at radius 2 is 2.09 bits per heavy atom. The van der Waals surface area contributed by atoms with E-state index in [2.05, 4.69) is 10.1 Å². The number of carbonyl (C=O) groups excluding carboxylic acids is 2. The van der Waals surface area contributed by atoms with Crippen LogP contribution in [0.2, 0.25) is 5.02 Å². The van der Waals surface area contributed by atoms with Gasteiger partial charge in [0.15, 0.2) is 5.54 Å². The smallest absolute Gasteiger partial charge is 0.417 e. The van der Waals surface area contributed by atoms with Gasteiger partial charge in [0.2, 0.25) is 0 Å². The number of nitrogens with one attached hydrogen (secondary N) is 1. The summed E-state index contributed by atoms with van der Waals surface area (Å²) in [7, 11) is 1.16. The molecule has 0 saturated carbocycles. The average Bonchev–Trinajstić information content (AvgIpc) is 2.73. The van der Waals surface area contributed by atoms with Gasteiger partial charge in [0.1, 0.15) is 0 Å². The van der Waals surface area contributed by atoms with Gasteiger partial charge in [-0.25, -0.2) is 9.59 Å². The fourth-order valence-corrected chi connectivity index (χ4v) is 2.40. The molecule has 9 heteroatoms. The molecule has 1 heterocycles. The van der Waals surface area contributed by atoms with Gasteiger partial charge in [0.05, 0.1) is 24.2 Å². The van der Waals surface area contributed by atoms with Crippen LogP contribution in [0.1, 0.15) is 12.5 Å². The summed E-state index contributed by atoms with van der Waals surface area (Å²) in [5.41, 5.74) is -2.39. The number of alkyl halides is 3. The van der Waals surface area contributed by atoms with E-state index in [1.54, 1.807) is 0 Å². The van der Waals surface area contributed by atoms with E-state index in [1.165, 1.54) is 13.0 Å². The first kappa shape index (κ1) is 16.4. The molecule has 1 atom stereocenters. The molecule has 0 bridgehead atoms. The van der Waals surface area contributed by atoms with Gasteiger partial charge in [0.25, 0.3) is 0 Å². The maximum atomic E-state index is 12.9. The molecule has 1 unspecified atom stereocenters. The lowest BCUT2D eigenvalue weighted by Crippen LogP contribution is -2.48. The highest BCUT2D eigenvalue weighted by atomic mass is 35.5. The number of amides is 2. The number of benzene rings is 1. The molecule has 1 aliphatic rings. The van der Waals surface area contributed by atoms with E-state index >= 15 is 0 Å². The number of halogens is 4. The first-order chi connectivity index (χ1) is 10.1. The second kappa shape index (κ2) is 5.35. The fraction of sp³-hybridized carbons (Fsp3) is 0.385. The SMILES string of the molecule is COC(=O)C1(C)CN(c2ccc(Cl)c(C(F)(F)F)c2)C(=O)N1. The van der Waals surface area contributed by atoms with Crippen LogP contribution in [0.15, 0.2) is 18.2 Å². The highest BCUT2D eigenvalue weighted by Crippen LogP contribution is 2.37.